The standard InChI is InChI=1S/C27H31NO8/c1-15-19(34-26-22(31)21(30)24(33-4)27(2,3)36-26)12-11-17-14-18(25(32)35-23(15)17)28-20(29)13-10-16-8-6-5-7-9-16/h5-9,11-12,14,21-22,24,26,30-31H,10,13H2,1-4H3,(H,28,29). The summed E-state index contributed by atoms with van der Waals surface area (Å²) in [4.78, 5) is 25.0. The molecule has 1 aliphatic rings. The minimum absolute atomic E-state index is 0.0511. The second-order valence-electron chi connectivity index (χ2n) is 9.43. The molecule has 0 saturated carbocycles. The van der Waals surface area contributed by atoms with Crippen molar-refractivity contribution in [2.45, 2.75) is 63.8 Å². The Labute approximate surface area is 208 Å². The third-order valence-corrected chi connectivity index (χ3v) is 6.40. The van der Waals surface area contributed by atoms with Crippen LogP contribution in [0, 0.1) is 6.92 Å². The zero-order valence-electron chi connectivity index (χ0n) is 20.7. The average molecular weight is 498 g/mol. The molecule has 9 heteroatoms. The molecule has 1 aromatic heterocycles. The van der Waals surface area contributed by atoms with Gasteiger partial charge in [0.2, 0.25) is 12.2 Å². The van der Waals surface area contributed by atoms with E-state index >= 15 is 0 Å². The fraction of sp³-hybridized carbons (Fsp3) is 0.407. The van der Waals surface area contributed by atoms with Crippen LogP contribution in [0.2, 0.25) is 0 Å². The van der Waals surface area contributed by atoms with E-state index in [1.807, 2.05) is 30.3 Å². The van der Waals surface area contributed by atoms with Crippen LogP contribution in [0.25, 0.3) is 11.0 Å². The molecule has 3 aromatic rings. The van der Waals surface area contributed by atoms with E-state index in [-0.39, 0.29) is 23.6 Å². The maximum absolute atomic E-state index is 12.6. The summed E-state index contributed by atoms with van der Waals surface area (Å²) in [5, 5.41) is 24.2. The number of nitrogens with one attached hydrogen (secondary N) is 1. The van der Waals surface area contributed by atoms with Crippen molar-refractivity contribution in [2.75, 3.05) is 12.4 Å². The molecular formula is C27H31NO8. The van der Waals surface area contributed by atoms with Crippen molar-refractivity contribution in [1.82, 2.24) is 0 Å². The van der Waals surface area contributed by atoms with E-state index in [1.54, 1.807) is 39.0 Å². The van der Waals surface area contributed by atoms with Gasteiger partial charge in [0.15, 0.2) is 0 Å². The third-order valence-electron chi connectivity index (χ3n) is 6.40. The molecule has 36 heavy (non-hydrogen) atoms. The van der Waals surface area contributed by atoms with Crippen LogP contribution >= 0.6 is 0 Å². The lowest BCUT2D eigenvalue weighted by Crippen LogP contribution is -2.63. The summed E-state index contributed by atoms with van der Waals surface area (Å²) in [6.07, 6.45) is -3.73. The molecule has 1 aliphatic heterocycles. The van der Waals surface area contributed by atoms with Crippen LogP contribution in [0.1, 0.15) is 31.4 Å². The molecule has 4 unspecified atom stereocenters. The molecule has 0 radical (unpaired) electrons. The first-order valence-corrected chi connectivity index (χ1v) is 11.8. The Morgan fingerprint density at radius 3 is 2.53 bits per heavy atom. The number of aryl methyl sites for hydroxylation is 2. The highest BCUT2D eigenvalue weighted by molar-refractivity contribution is 5.93. The van der Waals surface area contributed by atoms with Crippen molar-refractivity contribution in [3.63, 3.8) is 0 Å². The van der Waals surface area contributed by atoms with Gasteiger partial charge >= 0.3 is 5.63 Å². The molecule has 0 aliphatic carbocycles. The molecule has 9 nitrogen and oxygen atoms in total. The molecule has 3 N–H and O–H groups in total. The highest BCUT2D eigenvalue weighted by Crippen LogP contribution is 2.35. The second-order valence-corrected chi connectivity index (χ2v) is 9.43. The fourth-order valence-corrected chi connectivity index (χ4v) is 4.47. The summed E-state index contributed by atoms with van der Waals surface area (Å²) in [5.41, 5.74) is 0.243. The normalized spacial score (nSPS) is 23.4. The van der Waals surface area contributed by atoms with E-state index in [9.17, 15) is 19.8 Å². The maximum atomic E-state index is 12.6. The van der Waals surface area contributed by atoms with Crippen molar-refractivity contribution in [3.05, 3.63) is 70.1 Å². The van der Waals surface area contributed by atoms with Gasteiger partial charge in [-0.3, -0.25) is 4.79 Å². The minimum Gasteiger partial charge on any atom is -0.462 e. The number of carbonyl (C=O) groups is 1. The minimum atomic E-state index is -1.36. The number of aliphatic hydroxyl groups is 2. The van der Waals surface area contributed by atoms with Gasteiger partial charge in [0, 0.05) is 24.5 Å². The van der Waals surface area contributed by atoms with Gasteiger partial charge < -0.3 is 34.2 Å². The molecule has 4 atom stereocenters. The van der Waals surface area contributed by atoms with E-state index in [0.717, 1.165) is 5.56 Å². The maximum Gasteiger partial charge on any atom is 0.360 e. The first kappa shape index (κ1) is 25.8. The third kappa shape index (κ3) is 5.29. The highest BCUT2D eigenvalue weighted by Gasteiger charge is 2.50. The molecule has 4 rings (SSSR count). The Kier molecular flexibility index (Phi) is 7.46. The summed E-state index contributed by atoms with van der Waals surface area (Å²) in [6, 6.07) is 14.5. The monoisotopic (exact) mass is 497 g/mol. The number of hydrogen-bond acceptors (Lipinski definition) is 8. The van der Waals surface area contributed by atoms with Crippen molar-refractivity contribution < 1.29 is 33.6 Å². The Bertz CT molecular complexity index is 1290. The summed E-state index contributed by atoms with van der Waals surface area (Å²) >= 11 is 0. The Morgan fingerprint density at radius 1 is 1.11 bits per heavy atom. The number of fused-ring (bicyclic) bond motifs is 1. The van der Waals surface area contributed by atoms with Crippen LogP contribution in [0.4, 0.5) is 5.69 Å². The van der Waals surface area contributed by atoms with Crippen LogP contribution in [0.15, 0.2) is 57.7 Å². The summed E-state index contributed by atoms with van der Waals surface area (Å²) < 4.78 is 22.6. The fourth-order valence-electron chi connectivity index (χ4n) is 4.47. The summed E-state index contributed by atoms with van der Waals surface area (Å²) in [5.74, 6) is 0.0226. The number of ether oxygens (including phenoxy) is 3. The van der Waals surface area contributed by atoms with Gasteiger partial charge in [-0.25, -0.2) is 4.79 Å². The lowest BCUT2D eigenvalue weighted by molar-refractivity contribution is -0.306. The number of rotatable bonds is 7. The van der Waals surface area contributed by atoms with E-state index in [1.165, 1.54) is 7.11 Å². The van der Waals surface area contributed by atoms with Crippen LogP contribution < -0.4 is 15.7 Å². The molecule has 1 fully saturated rings. The highest BCUT2D eigenvalue weighted by atomic mass is 16.7. The van der Waals surface area contributed by atoms with Gasteiger partial charge in [-0.1, -0.05) is 30.3 Å². The van der Waals surface area contributed by atoms with Gasteiger partial charge in [-0.2, -0.15) is 0 Å². The smallest absolute Gasteiger partial charge is 0.360 e. The first-order valence-electron chi connectivity index (χ1n) is 11.8. The van der Waals surface area contributed by atoms with Gasteiger partial charge in [-0.05, 0) is 51.0 Å². The molecule has 2 aromatic carbocycles. The van der Waals surface area contributed by atoms with Gasteiger partial charge in [-0.15, -0.1) is 0 Å². The lowest BCUT2D eigenvalue weighted by Gasteiger charge is -2.46. The lowest BCUT2D eigenvalue weighted by atomic mass is 9.89. The molecular weight excluding hydrogens is 466 g/mol. The van der Waals surface area contributed by atoms with E-state index in [4.69, 9.17) is 18.6 Å². The predicted molar refractivity (Wildman–Crippen MR) is 133 cm³/mol. The van der Waals surface area contributed by atoms with Crippen LogP contribution in [-0.4, -0.2) is 53.4 Å². The van der Waals surface area contributed by atoms with Gasteiger partial charge in [0.1, 0.15) is 35.3 Å². The van der Waals surface area contributed by atoms with E-state index in [2.05, 4.69) is 5.32 Å². The quantitative estimate of drug-likeness (QED) is 0.425. The van der Waals surface area contributed by atoms with E-state index < -0.39 is 35.8 Å². The number of carbonyl (C=O) groups excluding carboxylic acids is 1. The SMILES string of the molecule is COC1C(O)C(O)C(Oc2ccc3cc(NC(=O)CCc4ccccc4)c(=O)oc3c2C)OC1(C)C. The zero-order valence-corrected chi connectivity index (χ0v) is 20.7. The second kappa shape index (κ2) is 10.4. The van der Waals surface area contributed by atoms with Crippen molar-refractivity contribution in [3.8, 4) is 5.75 Å². The number of anilines is 1. The molecule has 2 heterocycles. The molecule has 1 saturated heterocycles. The summed E-state index contributed by atoms with van der Waals surface area (Å²) in [7, 11) is 1.43. The number of hydrogen-bond donors (Lipinski definition) is 3. The number of aliphatic hydroxyl groups excluding tert-OH is 2. The summed E-state index contributed by atoms with van der Waals surface area (Å²) in [6.45, 7) is 5.16. The van der Waals surface area contributed by atoms with Crippen LogP contribution in [0.3, 0.4) is 0 Å². The molecule has 192 valence electrons. The Balaban J connectivity index is 1.51. The number of amides is 1. The van der Waals surface area contributed by atoms with E-state index in [0.29, 0.717) is 23.1 Å². The Hall–Kier alpha value is -3.24. The molecule has 1 amide bonds. The number of benzene rings is 2. The Morgan fingerprint density at radius 2 is 1.83 bits per heavy atom. The predicted octanol–water partition coefficient (Wildman–Crippen LogP) is 2.92. The largest absolute Gasteiger partial charge is 0.462 e. The number of methoxy groups -OCH3 is 1. The van der Waals surface area contributed by atoms with Crippen LogP contribution in [0.5, 0.6) is 5.75 Å². The van der Waals surface area contributed by atoms with Gasteiger partial charge in [0.05, 0.1) is 5.60 Å². The molecule has 0 bridgehead atoms. The van der Waals surface area contributed by atoms with Crippen LogP contribution in [-0.2, 0) is 20.7 Å². The average Bonchev–Trinajstić information content (AvgIpc) is 2.84. The zero-order chi connectivity index (χ0) is 26.0. The van der Waals surface area contributed by atoms with Crippen molar-refractivity contribution >= 4 is 22.6 Å². The topological polar surface area (TPSA) is 127 Å². The van der Waals surface area contributed by atoms with Crippen molar-refractivity contribution in [2.24, 2.45) is 0 Å². The first-order chi connectivity index (χ1) is 17.1. The van der Waals surface area contributed by atoms with Gasteiger partial charge in [0.25, 0.3) is 0 Å². The van der Waals surface area contributed by atoms with Crippen molar-refractivity contribution in [1.29, 1.82) is 0 Å². The molecule has 0 spiro atoms.